The molecule has 1 saturated heterocycles. The minimum atomic E-state index is -2.80. The molecule has 0 N–H and O–H groups in total. The first-order chi connectivity index (χ1) is 6.51. The van der Waals surface area contributed by atoms with E-state index in [0.29, 0.717) is 18.2 Å². The van der Waals surface area contributed by atoms with Gasteiger partial charge in [-0.05, 0) is 25.3 Å². The van der Waals surface area contributed by atoms with Crippen LogP contribution in [0.4, 0.5) is 0 Å². The third-order valence-corrected chi connectivity index (χ3v) is 4.44. The van der Waals surface area contributed by atoms with Gasteiger partial charge in [0.2, 0.25) is 0 Å². The molecule has 14 heavy (non-hydrogen) atoms. The summed E-state index contributed by atoms with van der Waals surface area (Å²) >= 11 is 3.48. The molecule has 1 atom stereocenters. The molecule has 0 aromatic heterocycles. The number of hydrogen-bond donors (Lipinski definition) is 0. The van der Waals surface area contributed by atoms with Gasteiger partial charge in [0.05, 0.1) is 5.75 Å². The van der Waals surface area contributed by atoms with E-state index < -0.39 is 9.84 Å². The van der Waals surface area contributed by atoms with Crippen molar-refractivity contribution in [2.45, 2.75) is 12.8 Å². The highest BCUT2D eigenvalue weighted by atomic mass is 79.9. The highest BCUT2D eigenvalue weighted by Gasteiger charge is 2.19. The van der Waals surface area contributed by atoms with Gasteiger partial charge in [-0.25, -0.2) is 8.42 Å². The second-order valence-corrected chi connectivity index (χ2v) is 7.00. The number of halogens is 1. The fraction of sp³-hybridized carbons (Fsp3) is 1.00. The third kappa shape index (κ3) is 4.75. The molecular weight excluding hydrogens is 266 g/mol. The summed E-state index contributed by atoms with van der Waals surface area (Å²) in [5.41, 5.74) is 0. The Labute approximate surface area is 94.9 Å². The molecule has 0 aliphatic carbocycles. The topological polar surface area (TPSA) is 37.4 Å². The van der Waals surface area contributed by atoms with Crippen molar-refractivity contribution in [2.75, 3.05) is 37.0 Å². The van der Waals surface area contributed by atoms with E-state index in [0.717, 1.165) is 18.4 Å². The zero-order chi connectivity index (χ0) is 10.6. The number of hydrogen-bond acceptors (Lipinski definition) is 3. The first-order valence-corrected chi connectivity index (χ1v) is 8.15. The van der Waals surface area contributed by atoms with Crippen molar-refractivity contribution in [1.29, 1.82) is 0 Å². The Bertz CT molecular complexity index is 266. The molecule has 1 fully saturated rings. The molecule has 1 unspecified atom stereocenters. The summed E-state index contributed by atoms with van der Waals surface area (Å²) in [6, 6.07) is 0. The summed E-state index contributed by atoms with van der Waals surface area (Å²) in [4.78, 5) is 2.26. The van der Waals surface area contributed by atoms with E-state index >= 15 is 0 Å². The van der Waals surface area contributed by atoms with E-state index in [9.17, 15) is 8.42 Å². The lowest BCUT2D eigenvalue weighted by atomic mass is 10.0. The molecule has 1 aliphatic rings. The normalized spacial score (nSPS) is 25.1. The fourth-order valence-electron chi connectivity index (χ4n) is 1.78. The lowest BCUT2D eigenvalue weighted by Gasteiger charge is -2.31. The lowest BCUT2D eigenvalue weighted by molar-refractivity contribution is 0.196. The van der Waals surface area contributed by atoms with E-state index in [1.807, 2.05) is 0 Å². The highest BCUT2D eigenvalue weighted by Crippen LogP contribution is 2.17. The maximum atomic E-state index is 11.0. The van der Waals surface area contributed by atoms with Crippen LogP contribution in [0.1, 0.15) is 12.8 Å². The molecule has 1 rings (SSSR count). The zero-order valence-corrected chi connectivity index (χ0v) is 11.0. The molecule has 0 saturated carbocycles. The van der Waals surface area contributed by atoms with Gasteiger partial charge in [-0.2, -0.15) is 0 Å². The van der Waals surface area contributed by atoms with E-state index in [1.54, 1.807) is 0 Å². The number of nitrogens with zero attached hydrogens (tertiary/aromatic N) is 1. The number of sulfone groups is 1. The summed E-state index contributed by atoms with van der Waals surface area (Å²) in [5.74, 6) is 0.991. The maximum Gasteiger partial charge on any atom is 0.148 e. The van der Waals surface area contributed by atoms with E-state index in [-0.39, 0.29) is 0 Å². The van der Waals surface area contributed by atoms with Gasteiger partial charge in [0, 0.05) is 24.7 Å². The maximum absolute atomic E-state index is 11.0. The Morgan fingerprint density at radius 2 is 2.21 bits per heavy atom. The van der Waals surface area contributed by atoms with Gasteiger partial charge in [0.1, 0.15) is 9.84 Å². The lowest BCUT2D eigenvalue weighted by Crippen LogP contribution is -2.38. The Balaban J connectivity index is 2.31. The summed E-state index contributed by atoms with van der Waals surface area (Å²) in [6.45, 7) is 2.79. The standard InChI is InChI=1S/C9H18BrNO2S/c1-14(12,13)6-5-11-4-2-3-9(7-10)8-11/h9H,2-8H2,1H3. The molecule has 3 nitrogen and oxygen atoms in total. The van der Waals surface area contributed by atoms with Crippen molar-refractivity contribution in [3.63, 3.8) is 0 Å². The van der Waals surface area contributed by atoms with Crippen LogP contribution in [0.5, 0.6) is 0 Å². The van der Waals surface area contributed by atoms with Gasteiger partial charge in [-0.3, -0.25) is 0 Å². The Hall–Kier alpha value is 0.390. The monoisotopic (exact) mass is 283 g/mol. The first kappa shape index (κ1) is 12.5. The number of alkyl halides is 1. The molecule has 0 bridgehead atoms. The van der Waals surface area contributed by atoms with Gasteiger partial charge in [-0.1, -0.05) is 15.9 Å². The smallest absolute Gasteiger partial charge is 0.148 e. The van der Waals surface area contributed by atoms with Crippen LogP contribution < -0.4 is 0 Å². The molecule has 0 aromatic rings. The number of rotatable bonds is 4. The van der Waals surface area contributed by atoms with Crippen molar-refractivity contribution < 1.29 is 8.42 Å². The Morgan fingerprint density at radius 3 is 2.79 bits per heavy atom. The summed E-state index contributed by atoms with van der Waals surface area (Å²) in [5, 5.41) is 1.03. The molecule has 0 radical (unpaired) electrons. The van der Waals surface area contributed by atoms with E-state index in [1.165, 1.54) is 19.1 Å². The first-order valence-electron chi connectivity index (χ1n) is 4.97. The summed E-state index contributed by atoms with van der Waals surface area (Å²) in [7, 11) is -2.80. The van der Waals surface area contributed by atoms with Crippen LogP contribution in [0.15, 0.2) is 0 Å². The molecule has 0 amide bonds. The van der Waals surface area contributed by atoms with Crippen LogP contribution >= 0.6 is 15.9 Å². The van der Waals surface area contributed by atoms with E-state index in [4.69, 9.17) is 0 Å². The predicted molar refractivity (Wildman–Crippen MR) is 62.7 cm³/mol. The van der Waals surface area contributed by atoms with Crippen LogP contribution in [-0.4, -0.2) is 50.3 Å². The van der Waals surface area contributed by atoms with Crippen LogP contribution in [0, 0.1) is 5.92 Å². The summed E-state index contributed by atoms with van der Waals surface area (Å²) < 4.78 is 22.0. The average molecular weight is 284 g/mol. The zero-order valence-electron chi connectivity index (χ0n) is 8.58. The molecule has 0 spiro atoms. The van der Waals surface area contributed by atoms with Crippen LogP contribution in [0.2, 0.25) is 0 Å². The van der Waals surface area contributed by atoms with Crippen molar-refractivity contribution >= 4 is 25.8 Å². The van der Waals surface area contributed by atoms with Crippen LogP contribution in [0.3, 0.4) is 0 Å². The van der Waals surface area contributed by atoms with Gasteiger partial charge >= 0.3 is 0 Å². The SMILES string of the molecule is CS(=O)(=O)CCN1CCCC(CBr)C1. The molecule has 84 valence electrons. The molecule has 1 heterocycles. The third-order valence-electron chi connectivity index (χ3n) is 2.60. The molecule has 1 aliphatic heterocycles. The second kappa shape index (κ2) is 5.47. The van der Waals surface area contributed by atoms with Gasteiger partial charge < -0.3 is 4.90 Å². The van der Waals surface area contributed by atoms with Gasteiger partial charge in [-0.15, -0.1) is 0 Å². The van der Waals surface area contributed by atoms with Gasteiger partial charge in [0.15, 0.2) is 0 Å². The second-order valence-electron chi connectivity index (χ2n) is 4.09. The van der Waals surface area contributed by atoms with Gasteiger partial charge in [0.25, 0.3) is 0 Å². The van der Waals surface area contributed by atoms with Crippen molar-refractivity contribution in [3.8, 4) is 0 Å². The summed E-state index contributed by atoms with van der Waals surface area (Å²) in [6.07, 6.45) is 3.76. The van der Waals surface area contributed by atoms with Crippen molar-refractivity contribution in [3.05, 3.63) is 0 Å². The molecular formula is C9H18BrNO2S. The molecule has 0 aromatic carbocycles. The number of likely N-dealkylation sites (tertiary alicyclic amines) is 1. The van der Waals surface area contributed by atoms with Crippen LogP contribution in [0.25, 0.3) is 0 Å². The van der Waals surface area contributed by atoms with Crippen molar-refractivity contribution in [2.24, 2.45) is 5.92 Å². The quantitative estimate of drug-likeness (QED) is 0.726. The van der Waals surface area contributed by atoms with Crippen LogP contribution in [-0.2, 0) is 9.84 Å². The van der Waals surface area contributed by atoms with E-state index in [2.05, 4.69) is 20.8 Å². The minimum Gasteiger partial charge on any atom is -0.302 e. The largest absolute Gasteiger partial charge is 0.302 e. The fourth-order valence-corrected chi connectivity index (χ4v) is 2.89. The Kier molecular flexibility index (Phi) is 4.87. The highest BCUT2D eigenvalue weighted by molar-refractivity contribution is 9.09. The minimum absolute atomic E-state index is 0.294. The average Bonchev–Trinajstić information content (AvgIpc) is 2.14. The number of piperidine rings is 1. The predicted octanol–water partition coefficient (Wildman–Crippen LogP) is 1.14. The molecule has 5 heteroatoms. The van der Waals surface area contributed by atoms with Crippen molar-refractivity contribution in [1.82, 2.24) is 4.90 Å². The Morgan fingerprint density at radius 1 is 1.50 bits per heavy atom.